The van der Waals surface area contributed by atoms with Crippen LogP contribution in [0.15, 0.2) is 35.7 Å². The number of hydrogen-bond acceptors (Lipinski definition) is 5. The van der Waals surface area contributed by atoms with Crippen molar-refractivity contribution in [3.05, 3.63) is 52.0 Å². The molecule has 0 spiro atoms. The largest absolute Gasteiger partial charge is 0.375 e. The molecule has 106 valence electrons. The van der Waals surface area contributed by atoms with Gasteiger partial charge in [-0.15, -0.1) is 11.3 Å². The van der Waals surface area contributed by atoms with E-state index in [4.69, 9.17) is 10.5 Å². The first kappa shape index (κ1) is 14.6. The van der Waals surface area contributed by atoms with Gasteiger partial charge in [0.15, 0.2) is 0 Å². The van der Waals surface area contributed by atoms with Gasteiger partial charge in [0.25, 0.3) is 5.91 Å². The first-order valence-electron chi connectivity index (χ1n) is 6.25. The summed E-state index contributed by atoms with van der Waals surface area (Å²) in [7, 11) is 1.62. The molecular weight excluding hydrogens is 274 g/mol. The van der Waals surface area contributed by atoms with Gasteiger partial charge in [-0.1, -0.05) is 30.3 Å². The van der Waals surface area contributed by atoms with E-state index in [2.05, 4.69) is 10.3 Å². The van der Waals surface area contributed by atoms with E-state index in [0.29, 0.717) is 18.8 Å². The molecule has 3 N–H and O–H groups in total. The van der Waals surface area contributed by atoms with E-state index in [-0.39, 0.29) is 12.0 Å². The van der Waals surface area contributed by atoms with Crippen LogP contribution in [0.1, 0.15) is 27.2 Å². The van der Waals surface area contributed by atoms with E-state index >= 15 is 0 Å². The Hall–Kier alpha value is -1.76. The number of ether oxygens (including phenoxy) is 1. The quantitative estimate of drug-likeness (QED) is 0.849. The zero-order chi connectivity index (χ0) is 14.4. The van der Waals surface area contributed by atoms with Crippen molar-refractivity contribution < 1.29 is 9.53 Å². The van der Waals surface area contributed by atoms with Crippen LogP contribution in [0.25, 0.3) is 0 Å². The molecule has 0 aliphatic rings. The van der Waals surface area contributed by atoms with Gasteiger partial charge in [-0.25, -0.2) is 4.98 Å². The summed E-state index contributed by atoms with van der Waals surface area (Å²) in [5, 5.41) is 5.29. The molecule has 5 nitrogen and oxygen atoms in total. The molecule has 2 rings (SSSR count). The molecule has 6 heteroatoms. The number of nitrogens with one attached hydrogen (secondary N) is 1. The lowest BCUT2D eigenvalue weighted by molar-refractivity contribution is 0.0824. The van der Waals surface area contributed by atoms with Crippen LogP contribution in [0.5, 0.6) is 0 Å². The molecule has 0 saturated heterocycles. The predicted octanol–water partition coefficient (Wildman–Crippen LogP) is 1.72. The average Bonchev–Trinajstić information content (AvgIpc) is 2.98. The van der Waals surface area contributed by atoms with Crippen LogP contribution >= 0.6 is 11.3 Å². The highest BCUT2D eigenvalue weighted by Gasteiger charge is 2.14. The molecule has 2 aromatic rings. The van der Waals surface area contributed by atoms with Gasteiger partial charge in [-0.3, -0.25) is 4.79 Å². The van der Waals surface area contributed by atoms with Gasteiger partial charge in [0.05, 0.1) is 6.10 Å². The van der Waals surface area contributed by atoms with E-state index in [9.17, 15) is 4.79 Å². The summed E-state index contributed by atoms with van der Waals surface area (Å²) in [5.41, 5.74) is 6.90. The Kier molecular flexibility index (Phi) is 5.23. The molecule has 20 heavy (non-hydrogen) atoms. The lowest BCUT2D eigenvalue weighted by atomic mass is 10.1. The normalized spacial score (nSPS) is 12.1. The average molecular weight is 291 g/mol. The highest BCUT2D eigenvalue weighted by atomic mass is 32.1. The minimum Gasteiger partial charge on any atom is -0.375 e. The molecule has 0 aliphatic heterocycles. The summed E-state index contributed by atoms with van der Waals surface area (Å²) in [5.74, 6) is -0.209. The molecule has 0 saturated carbocycles. The number of hydrogen-bond donors (Lipinski definition) is 2. The lowest BCUT2D eigenvalue weighted by Gasteiger charge is -2.16. The number of aromatic nitrogens is 1. The third kappa shape index (κ3) is 3.63. The number of nitrogens with zero attached hydrogens (tertiary/aromatic N) is 1. The SMILES string of the molecule is COC(CNC(=O)c1csc(CN)n1)c1ccccc1. The fourth-order valence-corrected chi connectivity index (χ4v) is 2.44. The van der Waals surface area contributed by atoms with Crippen LogP contribution < -0.4 is 11.1 Å². The summed E-state index contributed by atoms with van der Waals surface area (Å²) < 4.78 is 5.40. The molecule has 1 aromatic carbocycles. The standard InChI is InChI=1S/C14H17N3O2S/c1-19-12(10-5-3-2-4-6-10)8-16-14(18)11-9-20-13(7-15)17-11/h2-6,9,12H,7-8,15H2,1H3,(H,16,18). The summed E-state index contributed by atoms with van der Waals surface area (Å²) in [6.45, 7) is 0.748. The van der Waals surface area contributed by atoms with Crippen LogP contribution in [0, 0.1) is 0 Å². The Morgan fingerprint density at radius 3 is 2.80 bits per heavy atom. The fourth-order valence-electron chi connectivity index (χ4n) is 1.79. The summed E-state index contributed by atoms with van der Waals surface area (Å²) in [6.07, 6.45) is -0.173. The highest BCUT2D eigenvalue weighted by Crippen LogP contribution is 2.15. The maximum absolute atomic E-state index is 12.0. The summed E-state index contributed by atoms with van der Waals surface area (Å²) in [4.78, 5) is 16.1. The van der Waals surface area contributed by atoms with Gasteiger partial charge in [0.1, 0.15) is 10.7 Å². The number of benzene rings is 1. The first-order chi connectivity index (χ1) is 9.74. The van der Waals surface area contributed by atoms with Crippen LogP contribution in [0.3, 0.4) is 0 Å². The second kappa shape index (κ2) is 7.14. The van der Waals surface area contributed by atoms with E-state index < -0.39 is 0 Å². The molecule has 0 aliphatic carbocycles. The van der Waals surface area contributed by atoms with Crippen molar-refractivity contribution in [2.24, 2.45) is 5.73 Å². The van der Waals surface area contributed by atoms with Gasteiger partial charge in [-0.05, 0) is 5.56 Å². The number of carbonyl (C=O) groups excluding carboxylic acids is 1. The van der Waals surface area contributed by atoms with Crippen molar-refractivity contribution in [2.75, 3.05) is 13.7 Å². The third-order valence-corrected chi connectivity index (χ3v) is 3.73. The van der Waals surface area contributed by atoms with E-state index in [0.717, 1.165) is 10.6 Å². The van der Waals surface area contributed by atoms with Crippen LogP contribution in [-0.2, 0) is 11.3 Å². The van der Waals surface area contributed by atoms with E-state index in [1.54, 1.807) is 12.5 Å². The minimum absolute atomic E-state index is 0.173. The third-order valence-electron chi connectivity index (χ3n) is 2.86. The Bertz CT molecular complexity index is 557. The molecule has 0 fully saturated rings. The Morgan fingerprint density at radius 1 is 1.45 bits per heavy atom. The number of thiazole rings is 1. The number of nitrogens with two attached hydrogens (primary N) is 1. The minimum atomic E-state index is -0.209. The van der Waals surface area contributed by atoms with E-state index in [1.165, 1.54) is 11.3 Å². The zero-order valence-electron chi connectivity index (χ0n) is 11.2. The second-order valence-corrected chi connectivity index (χ2v) is 5.12. The number of carbonyl (C=O) groups is 1. The molecule has 1 aromatic heterocycles. The zero-order valence-corrected chi connectivity index (χ0v) is 12.0. The van der Waals surface area contributed by atoms with Crippen molar-refractivity contribution in [3.63, 3.8) is 0 Å². The van der Waals surface area contributed by atoms with Gasteiger partial charge < -0.3 is 15.8 Å². The van der Waals surface area contributed by atoms with Crippen molar-refractivity contribution in [3.8, 4) is 0 Å². The van der Waals surface area contributed by atoms with Gasteiger partial charge in [-0.2, -0.15) is 0 Å². The van der Waals surface area contributed by atoms with Crippen LogP contribution in [0.2, 0.25) is 0 Å². The van der Waals surface area contributed by atoms with E-state index in [1.807, 2.05) is 30.3 Å². The van der Waals surface area contributed by atoms with Gasteiger partial charge >= 0.3 is 0 Å². The smallest absolute Gasteiger partial charge is 0.270 e. The number of methoxy groups -OCH3 is 1. The molecule has 1 unspecified atom stereocenters. The Morgan fingerprint density at radius 2 is 2.20 bits per heavy atom. The van der Waals surface area contributed by atoms with Crippen LogP contribution in [-0.4, -0.2) is 24.5 Å². The van der Waals surface area contributed by atoms with Crippen molar-refractivity contribution in [1.82, 2.24) is 10.3 Å². The highest BCUT2D eigenvalue weighted by molar-refractivity contribution is 7.09. The lowest BCUT2D eigenvalue weighted by Crippen LogP contribution is -2.29. The molecule has 0 bridgehead atoms. The second-order valence-electron chi connectivity index (χ2n) is 4.18. The maximum atomic E-state index is 12.0. The molecular formula is C14H17N3O2S. The van der Waals surface area contributed by atoms with Gasteiger partial charge in [0, 0.05) is 25.6 Å². The maximum Gasteiger partial charge on any atom is 0.270 e. The molecule has 1 heterocycles. The van der Waals surface area contributed by atoms with Crippen molar-refractivity contribution in [1.29, 1.82) is 0 Å². The van der Waals surface area contributed by atoms with Gasteiger partial charge in [0.2, 0.25) is 0 Å². The predicted molar refractivity (Wildman–Crippen MR) is 78.5 cm³/mol. The number of amides is 1. The van der Waals surface area contributed by atoms with Crippen LogP contribution in [0.4, 0.5) is 0 Å². The first-order valence-corrected chi connectivity index (χ1v) is 7.13. The molecule has 1 amide bonds. The summed E-state index contributed by atoms with van der Waals surface area (Å²) >= 11 is 1.39. The molecule has 1 atom stereocenters. The van der Waals surface area contributed by atoms with Crippen molar-refractivity contribution >= 4 is 17.2 Å². The Balaban J connectivity index is 1.95. The molecule has 0 radical (unpaired) electrons. The fraction of sp³-hybridized carbons (Fsp3) is 0.286. The Labute approximate surface area is 121 Å². The van der Waals surface area contributed by atoms with Crippen molar-refractivity contribution in [2.45, 2.75) is 12.6 Å². The summed E-state index contributed by atoms with van der Waals surface area (Å²) in [6, 6.07) is 9.76. The monoisotopic (exact) mass is 291 g/mol. The topological polar surface area (TPSA) is 77.2 Å². The number of rotatable bonds is 6.